The SMILES string of the molecule is CC[C@]12C=CCN3CC[C@@]4(c5ccc(OC)cc5N(C)[C@H]4C(O)(CNC(C)=O)[C@@H]1C)C32. The van der Waals surface area contributed by atoms with Gasteiger partial charge < -0.3 is 20.1 Å². The molecule has 31 heavy (non-hydrogen) atoms. The number of likely N-dealkylation sites (N-methyl/N-ethyl adjacent to an activating group) is 1. The van der Waals surface area contributed by atoms with Crippen LogP contribution in [0, 0.1) is 11.3 Å². The number of anilines is 1. The normalized spacial score (nSPS) is 40.3. The molecule has 1 saturated heterocycles. The van der Waals surface area contributed by atoms with Crippen LogP contribution in [-0.4, -0.2) is 67.4 Å². The highest BCUT2D eigenvalue weighted by Gasteiger charge is 2.75. The minimum atomic E-state index is -1.07. The molecule has 0 radical (unpaired) electrons. The van der Waals surface area contributed by atoms with Crippen LogP contribution in [0.3, 0.4) is 0 Å². The van der Waals surface area contributed by atoms with Crippen molar-refractivity contribution in [3.05, 3.63) is 35.9 Å². The van der Waals surface area contributed by atoms with Gasteiger partial charge in [0.15, 0.2) is 0 Å². The first-order chi connectivity index (χ1) is 14.8. The zero-order valence-electron chi connectivity index (χ0n) is 19.3. The van der Waals surface area contributed by atoms with Crippen LogP contribution < -0.4 is 15.0 Å². The smallest absolute Gasteiger partial charge is 0.216 e. The Morgan fingerprint density at radius 1 is 1.35 bits per heavy atom. The van der Waals surface area contributed by atoms with E-state index in [1.807, 2.05) is 0 Å². The molecule has 0 aromatic heterocycles. The lowest BCUT2D eigenvalue weighted by Gasteiger charge is -2.65. The first kappa shape index (κ1) is 20.8. The van der Waals surface area contributed by atoms with Crippen molar-refractivity contribution < 1.29 is 14.6 Å². The van der Waals surface area contributed by atoms with Crippen LogP contribution in [0.2, 0.25) is 0 Å². The lowest BCUT2D eigenvalue weighted by Crippen LogP contribution is -2.77. The third-order valence-corrected chi connectivity index (χ3v) is 9.17. The molecule has 1 aliphatic carbocycles. The number of benzene rings is 1. The summed E-state index contributed by atoms with van der Waals surface area (Å²) >= 11 is 0. The van der Waals surface area contributed by atoms with E-state index in [-0.39, 0.29) is 35.2 Å². The standard InChI is InChI=1S/C25H35N3O3/c1-6-23-10-7-12-28-13-11-24(21(23)28)19-9-8-18(31-5)14-20(19)27(4)22(24)25(30,16(23)2)15-26-17(3)29/h7-10,14,16,21-22,30H,6,11-13,15H2,1-5H3,(H,26,29)/t16-,21?,22-,23+,24-,25?/m1/s1. The number of aliphatic hydroxyl groups is 1. The third kappa shape index (κ3) is 2.38. The maximum absolute atomic E-state index is 12.5. The summed E-state index contributed by atoms with van der Waals surface area (Å²) in [6.07, 6.45) is 6.65. The Kier molecular flexibility index (Phi) is 4.52. The highest BCUT2D eigenvalue weighted by molar-refractivity contribution is 5.73. The Hall–Kier alpha value is -2.05. The largest absolute Gasteiger partial charge is 0.497 e. The number of fused-ring (bicyclic) bond motifs is 1. The predicted molar refractivity (Wildman–Crippen MR) is 122 cm³/mol. The first-order valence-corrected chi connectivity index (χ1v) is 11.6. The zero-order chi connectivity index (χ0) is 22.2. The molecule has 2 N–H and O–H groups in total. The van der Waals surface area contributed by atoms with E-state index < -0.39 is 5.60 Å². The van der Waals surface area contributed by atoms with Gasteiger partial charge in [-0.05, 0) is 36.9 Å². The molecular formula is C25H35N3O3. The third-order valence-electron chi connectivity index (χ3n) is 9.17. The molecule has 2 unspecified atom stereocenters. The fraction of sp³-hybridized carbons (Fsp3) is 0.640. The average Bonchev–Trinajstić information content (AvgIpc) is 3.28. The number of nitrogens with zero attached hydrogens (tertiary/aromatic N) is 2. The second-order valence-corrected chi connectivity index (χ2v) is 10.1. The first-order valence-electron chi connectivity index (χ1n) is 11.6. The number of carbonyl (C=O) groups excluding carboxylic acids is 1. The van der Waals surface area contributed by atoms with Crippen LogP contribution in [0.1, 0.15) is 39.2 Å². The van der Waals surface area contributed by atoms with Gasteiger partial charge in [-0.1, -0.05) is 32.1 Å². The molecule has 1 spiro atoms. The molecule has 168 valence electrons. The summed E-state index contributed by atoms with van der Waals surface area (Å²) in [5.41, 5.74) is 1.03. The number of carbonyl (C=O) groups is 1. The summed E-state index contributed by atoms with van der Waals surface area (Å²) in [5.74, 6) is 0.712. The van der Waals surface area contributed by atoms with E-state index >= 15 is 0 Å². The number of hydrogen-bond donors (Lipinski definition) is 2. The van der Waals surface area contributed by atoms with Crippen molar-refractivity contribution in [1.29, 1.82) is 0 Å². The Morgan fingerprint density at radius 3 is 2.81 bits per heavy atom. The Labute approximate surface area is 185 Å². The van der Waals surface area contributed by atoms with Crippen molar-refractivity contribution in [3.8, 4) is 5.75 Å². The van der Waals surface area contributed by atoms with Gasteiger partial charge in [-0.15, -0.1) is 0 Å². The highest BCUT2D eigenvalue weighted by Crippen LogP contribution is 2.68. The number of hydrogen-bond acceptors (Lipinski definition) is 5. The lowest BCUT2D eigenvalue weighted by molar-refractivity contribution is -0.156. The summed E-state index contributed by atoms with van der Waals surface area (Å²) in [4.78, 5) is 16.8. The second-order valence-electron chi connectivity index (χ2n) is 10.1. The zero-order valence-corrected chi connectivity index (χ0v) is 19.3. The molecule has 5 rings (SSSR count). The maximum atomic E-state index is 12.5. The van der Waals surface area contributed by atoms with Gasteiger partial charge in [-0.3, -0.25) is 9.69 Å². The molecule has 4 aliphatic rings. The summed E-state index contributed by atoms with van der Waals surface area (Å²) in [6, 6.07) is 6.60. The van der Waals surface area contributed by atoms with Crippen molar-refractivity contribution >= 4 is 11.6 Å². The van der Waals surface area contributed by atoms with Crippen LogP contribution in [0.15, 0.2) is 30.4 Å². The van der Waals surface area contributed by atoms with Gasteiger partial charge in [0.2, 0.25) is 5.91 Å². The summed E-state index contributed by atoms with van der Waals surface area (Å²) in [5, 5.41) is 15.5. The van der Waals surface area contributed by atoms with E-state index in [0.29, 0.717) is 6.04 Å². The van der Waals surface area contributed by atoms with Gasteiger partial charge in [0, 0.05) is 55.7 Å². The van der Waals surface area contributed by atoms with Gasteiger partial charge in [-0.2, -0.15) is 0 Å². The number of rotatable bonds is 4. The van der Waals surface area contributed by atoms with E-state index in [2.05, 4.69) is 66.4 Å². The highest BCUT2D eigenvalue weighted by atomic mass is 16.5. The van der Waals surface area contributed by atoms with Crippen LogP contribution in [0.25, 0.3) is 0 Å². The van der Waals surface area contributed by atoms with Crippen molar-refractivity contribution in [2.75, 3.05) is 38.7 Å². The van der Waals surface area contributed by atoms with E-state index in [0.717, 1.165) is 37.4 Å². The van der Waals surface area contributed by atoms with Gasteiger partial charge in [0.25, 0.3) is 0 Å². The van der Waals surface area contributed by atoms with Crippen LogP contribution in [0.5, 0.6) is 5.75 Å². The molecular weight excluding hydrogens is 390 g/mol. The molecule has 1 saturated carbocycles. The number of nitrogens with one attached hydrogen (secondary N) is 1. The predicted octanol–water partition coefficient (Wildman–Crippen LogP) is 2.31. The maximum Gasteiger partial charge on any atom is 0.216 e. The Balaban J connectivity index is 1.78. The molecule has 6 atom stereocenters. The fourth-order valence-corrected chi connectivity index (χ4v) is 7.96. The molecule has 0 bridgehead atoms. The fourth-order valence-electron chi connectivity index (χ4n) is 7.96. The van der Waals surface area contributed by atoms with E-state index in [1.165, 1.54) is 12.5 Å². The van der Waals surface area contributed by atoms with Crippen LogP contribution in [-0.2, 0) is 10.2 Å². The molecule has 1 aromatic carbocycles. The molecule has 2 fully saturated rings. The Bertz CT molecular complexity index is 948. The van der Waals surface area contributed by atoms with Crippen LogP contribution in [0.4, 0.5) is 5.69 Å². The van der Waals surface area contributed by atoms with E-state index in [4.69, 9.17) is 4.74 Å². The van der Waals surface area contributed by atoms with Gasteiger partial charge in [0.05, 0.1) is 13.2 Å². The van der Waals surface area contributed by atoms with Crippen molar-refractivity contribution in [3.63, 3.8) is 0 Å². The van der Waals surface area contributed by atoms with E-state index in [1.54, 1.807) is 7.11 Å². The molecule has 3 aliphatic heterocycles. The second kappa shape index (κ2) is 6.72. The minimum absolute atomic E-state index is 0.0178. The van der Waals surface area contributed by atoms with Gasteiger partial charge in [-0.25, -0.2) is 0 Å². The molecule has 3 heterocycles. The van der Waals surface area contributed by atoms with Crippen molar-refractivity contribution in [2.24, 2.45) is 11.3 Å². The summed E-state index contributed by atoms with van der Waals surface area (Å²) < 4.78 is 5.55. The lowest BCUT2D eigenvalue weighted by atomic mass is 9.45. The van der Waals surface area contributed by atoms with Gasteiger partial charge in [0.1, 0.15) is 11.4 Å². The Morgan fingerprint density at radius 2 is 2.13 bits per heavy atom. The molecule has 1 aromatic rings. The summed E-state index contributed by atoms with van der Waals surface area (Å²) in [7, 11) is 3.80. The quantitative estimate of drug-likeness (QED) is 0.725. The van der Waals surface area contributed by atoms with E-state index in [9.17, 15) is 9.90 Å². The monoisotopic (exact) mass is 425 g/mol. The minimum Gasteiger partial charge on any atom is -0.497 e. The number of methoxy groups -OCH3 is 1. The van der Waals surface area contributed by atoms with Crippen LogP contribution >= 0.6 is 0 Å². The van der Waals surface area contributed by atoms with Crippen molar-refractivity contribution in [1.82, 2.24) is 10.2 Å². The van der Waals surface area contributed by atoms with Gasteiger partial charge >= 0.3 is 0 Å². The number of amides is 1. The topological polar surface area (TPSA) is 65.0 Å². The van der Waals surface area contributed by atoms with Crippen molar-refractivity contribution in [2.45, 2.75) is 56.7 Å². The number of ether oxygens (including phenoxy) is 1. The summed E-state index contributed by atoms with van der Waals surface area (Å²) in [6.45, 7) is 8.22. The molecule has 6 nitrogen and oxygen atoms in total. The molecule has 1 amide bonds. The average molecular weight is 426 g/mol. The molecule has 6 heteroatoms.